The van der Waals surface area contributed by atoms with Crippen LogP contribution in [0, 0.1) is 0 Å². The van der Waals surface area contributed by atoms with Crippen molar-refractivity contribution in [1.29, 1.82) is 0 Å². The van der Waals surface area contributed by atoms with E-state index >= 15 is 0 Å². The summed E-state index contributed by atoms with van der Waals surface area (Å²) in [6.07, 6.45) is 0. The Morgan fingerprint density at radius 2 is 0.549 bits per heavy atom. The van der Waals surface area contributed by atoms with Gasteiger partial charge in [0.05, 0.1) is 33.6 Å². The first kappa shape index (κ1) is 45.0. The number of aromatic nitrogens is 4. The van der Waals surface area contributed by atoms with Gasteiger partial charge in [0.25, 0.3) is 0 Å². The number of para-hydroxylation sites is 2. The molecule has 4 heteroatoms. The molecule has 0 saturated heterocycles. The van der Waals surface area contributed by atoms with E-state index in [4.69, 9.17) is 19.9 Å². The molecular weight excluding hydrogens is 993 g/mol. The lowest BCUT2D eigenvalue weighted by Crippen LogP contribution is -1.99. The summed E-state index contributed by atoms with van der Waals surface area (Å²) in [6, 6.07) is 96.9. The molecule has 0 unspecified atom stereocenters. The average molecular weight is 1040 g/mol. The van der Waals surface area contributed by atoms with Crippen LogP contribution in [0.5, 0.6) is 0 Å². The molecule has 0 saturated carbocycles. The van der Waals surface area contributed by atoms with Crippen molar-refractivity contribution in [2.24, 2.45) is 0 Å². The molecule has 82 heavy (non-hydrogen) atoms. The van der Waals surface area contributed by atoms with E-state index in [0.717, 1.165) is 99.5 Å². The monoisotopic (exact) mass is 1040 g/mol. The lowest BCUT2D eigenvalue weighted by molar-refractivity contribution is 1.23. The van der Waals surface area contributed by atoms with Gasteiger partial charge in [0.15, 0.2) is 5.82 Å². The van der Waals surface area contributed by atoms with Gasteiger partial charge in [-0.1, -0.05) is 243 Å². The minimum atomic E-state index is 0.645. The Labute approximate surface area is 472 Å². The summed E-state index contributed by atoms with van der Waals surface area (Å²) < 4.78 is 0. The molecule has 0 N–H and O–H groups in total. The fraction of sp³-hybridized carbons (Fsp3) is 0. The third kappa shape index (κ3) is 6.55. The molecule has 0 fully saturated rings. The van der Waals surface area contributed by atoms with E-state index in [1.54, 1.807) is 0 Å². The summed E-state index contributed by atoms with van der Waals surface area (Å²) in [6.45, 7) is 0. The summed E-state index contributed by atoms with van der Waals surface area (Å²) in [7, 11) is 0. The van der Waals surface area contributed by atoms with Crippen molar-refractivity contribution in [2.75, 3.05) is 0 Å². The largest absolute Gasteiger partial charge is 0.247 e. The molecule has 0 spiro atoms. The van der Waals surface area contributed by atoms with Gasteiger partial charge in [0, 0.05) is 54.7 Å². The first-order chi connectivity index (χ1) is 40.7. The number of hydrogen-bond donors (Lipinski definition) is 0. The number of nitrogens with zero attached hydrogens (tertiary/aromatic N) is 4. The lowest BCUT2D eigenvalue weighted by Gasteiger charge is -2.18. The molecule has 376 valence electrons. The maximum Gasteiger partial charge on any atom is 0.160 e. The Morgan fingerprint density at radius 1 is 0.183 bits per heavy atom. The molecule has 13 aromatic carbocycles. The normalized spacial score (nSPS) is 12.1. The molecule has 4 nitrogen and oxygen atoms in total. The van der Waals surface area contributed by atoms with Gasteiger partial charge in [0.1, 0.15) is 0 Å². The first-order valence-corrected chi connectivity index (χ1v) is 28.1. The van der Waals surface area contributed by atoms with Crippen LogP contribution in [0.15, 0.2) is 267 Å². The van der Waals surface area contributed by atoms with Crippen molar-refractivity contribution in [2.45, 2.75) is 0 Å². The second kappa shape index (κ2) is 17.3. The van der Waals surface area contributed by atoms with Crippen LogP contribution < -0.4 is 0 Å². The Balaban J connectivity index is 0.897. The van der Waals surface area contributed by atoms with Gasteiger partial charge in [-0.25, -0.2) is 19.9 Å². The van der Waals surface area contributed by atoms with Crippen molar-refractivity contribution < 1.29 is 0 Å². The van der Waals surface area contributed by atoms with Gasteiger partial charge >= 0.3 is 0 Å². The second-order valence-corrected chi connectivity index (χ2v) is 21.9. The van der Waals surface area contributed by atoms with E-state index in [2.05, 4.69) is 267 Å². The standard InChI is InChI=1S/C78H44N4/c1-3-17-53-51(15-1)61-26-13-25-60-50(39-41-64(53)72(60)61)49-43-68(57-40-42-65-54-18-4-2-16-52(54)62-27-14-28-63(57)73(62)65)77-69(44-49)76(47-33-31-45(32-34-47)74-66-23-7-5-19-55(66)58-21-9-11-29-70(58)79-74)81-78(82-77)48-37-35-46(36-38-48)75-67-24-8-6-20-56(67)59-22-10-12-30-71(59)80-75/h1-44H. The van der Waals surface area contributed by atoms with Crippen LogP contribution in [0.3, 0.4) is 0 Å². The fourth-order valence-electron chi connectivity index (χ4n) is 13.9. The van der Waals surface area contributed by atoms with Crippen molar-refractivity contribution >= 4 is 75.8 Å². The van der Waals surface area contributed by atoms with E-state index in [1.165, 1.54) is 82.4 Å². The van der Waals surface area contributed by atoms with E-state index in [0.29, 0.717) is 5.82 Å². The summed E-state index contributed by atoms with van der Waals surface area (Å²) in [4.78, 5) is 22.1. The number of hydrogen-bond acceptors (Lipinski definition) is 4. The Morgan fingerprint density at radius 3 is 1.06 bits per heavy atom. The van der Waals surface area contributed by atoms with Crippen molar-refractivity contribution in [1.82, 2.24) is 19.9 Å². The molecule has 0 atom stereocenters. The Kier molecular flexibility index (Phi) is 9.48. The summed E-state index contributed by atoms with van der Waals surface area (Å²) in [5.41, 5.74) is 24.2. The minimum absolute atomic E-state index is 0.645. The maximum atomic E-state index is 5.76. The number of fused-ring (bicyclic) bond motifs is 13. The predicted molar refractivity (Wildman–Crippen MR) is 342 cm³/mol. The van der Waals surface area contributed by atoms with E-state index in [1.807, 2.05) is 0 Å². The zero-order chi connectivity index (χ0) is 53.6. The second-order valence-electron chi connectivity index (χ2n) is 21.9. The zero-order valence-corrected chi connectivity index (χ0v) is 44.2. The van der Waals surface area contributed by atoms with Gasteiger partial charge in [-0.3, -0.25) is 0 Å². The van der Waals surface area contributed by atoms with Crippen LogP contribution >= 0.6 is 0 Å². The summed E-state index contributed by atoms with van der Waals surface area (Å²) in [5.74, 6) is 0.645. The first-order valence-electron chi connectivity index (χ1n) is 28.1. The number of pyridine rings is 2. The fourth-order valence-corrected chi connectivity index (χ4v) is 13.9. The third-order valence-corrected chi connectivity index (χ3v) is 17.6. The topological polar surface area (TPSA) is 51.6 Å². The maximum absolute atomic E-state index is 5.76. The molecule has 2 aliphatic rings. The van der Waals surface area contributed by atoms with Crippen LogP contribution in [-0.4, -0.2) is 19.9 Å². The van der Waals surface area contributed by atoms with Gasteiger partial charge in [-0.15, -0.1) is 0 Å². The van der Waals surface area contributed by atoms with Crippen molar-refractivity contribution in [3.63, 3.8) is 0 Å². The lowest BCUT2D eigenvalue weighted by atomic mass is 9.88. The van der Waals surface area contributed by atoms with Gasteiger partial charge < -0.3 is 0 Å². The predicted octanol–water partition coefficient (Wildman–Crippen LogP) is 20.6. The molecule has 0 amide bonds. The van der Waals surface area contributed by atoms with Crippen LogP contribution in [0.25, 0.3) is 188 Å². The van der Waals surface area contributed by atoms with E-state index in [9.17, 15) is 0 Å². The molecule has 0 aliphatic heterocycles. The van der Waals surface area contributed by atoms with Gasteiger partial charge in [-0.2, -0.15) is 0 Å². The highest BCUT2D eigenvalue weighted by Crippen LogP contribution is 2.53. The van der Waals surface area contributed by atoms with E-state index < -0.39 is 0 Å². The third-order valence-electron chi connectivity index (χ3n) is 17.6. The highest BCUT2D eigenvalue weighted by molar-refractivity contribution is 6.23. The van der Waals surface area contributed by atoms with Gasteiger partial charge in [0.2, 0.25) is 0 Å². The van der Waals surface area contributed by atoms with E-state index in [-0.39, 0.29) is 0 Å². The summed E-state index contributed by atoms with van der Waals surface area (Å²) in [5, 5.41) is 12.9. The molecule has 16 aromatic rings. The molecule has 0 radical (unpaired) electrons. The molecule has 0 bridgehead atoms. The highest BCUT2D eigenvalue weighted by atomic mass is 14.9. The summed E-state index contributed by atoms with van der Waals surface area (Å²) >= 11 is 0. The minimum Gasteiger partial charge on any atom is -0.247 e. The Hall–Kier alpha value is -10.9. The molecular formula is C78H44N4. The highest BCUT2D eigenvalue weighted by Gasteiger charge is 2.27. The van der Waals surface area contributed by atoms with Crippen LogP contribution in [0.2, 0.25) is 0 Å². The molecule has 18 rings (SSSR count). The smallest absolute Gasteiger partial charge is 0.160 e. The van der Waals surface area contributed by atoms with Gasteiger partial charge in [-0.05, 0) is 118 Å². The van der Waals surface area contributed by atoms with Crippen LogP contribution in [0.4, 0.5) is 0 Å². The number of rotatable bonds is 6. The zero-order valence-electron chi connectivity index (χ0n) is 44.2. The molecule has 3 aromatic heterocycles. The quantitative estimate of drug-likeness (QED) is 0.156. The van der Waals surface area contributed by atoms with Crippen molar-refractivity contribution in [3.8, 4) is 112 Å². The molecule has 2 aliphatic carbocycles. The molecule has 3 heterocycles. The van der Waals surface area contributed by atoms with Crippen molar-refractivity contribution in [3.05, 3.63) is 267 Å². The van der Waals surface area contributed by atoms with Crippen LogP contribution in [-0.2, 0) is 0 Å². The Bertz CT molecular complexity index is 5390. The SMILES string of the molecule is c1ccc2c(c1)-c1cccc3c(-c4cc(-c5ccc6c7c(cccc57)-c5ccccc5-6)c5nc(-c6ccc(-c7nc8ccccc8c8ccccc78)cc6)nc(-c6ccc(-c7nc8ccccc8c8ccccc78)cc6)c5c4)ccc-2c13. The average Bonchev–Trinajstić information content (AvgIpc) is 4.24. The van der Waals surface area contributed by atoms with Crippen LogP contribution in [0.1, 0.15) is 0 Å². The number of benzene rings is 13.